The molecule has 0 bridgehead atoms. The van der Waals surface area contributed by atoms with Crippen molar-refractivity contribution in [3.63, 3.8) is 0 Å². The van der Waals surface area contributed by atoms with Gasteiger partial charge in [0.25, 0.3) is 5.91 Å². The van der Waals surface area contributed by atoms with Gasteiger partial charge in [-0.15, -0.1) is 0 Å². The van der Waals surface area contributed by atoms with Crippen molar-refractivity contribution >= 4 is 11.9 Å². The Balaban J connectivity index is 2.22. The monoisotopic (exact) mass is 281 g/mol. The third-order valence-corrected chi connectivity index (χ3v) is 3.40. The highest BCUT2D eigenvalue weighted by Gasteiger charge is 2.39. The van der Waals surface area contributed by atoms with E-state index in [1.165, 1.54) is 24.1 Å². The highest BCUT2D eigenvalue weighted by molar-refractivity contribution is 5.97. The second-order valence-electron chi connectivity index (χ2n) is 4.67. The second-order valence-corrected chi connectivity index (χ2v) is 4.67. The molecule has 0 radical (unpaired) electrons. The van der Waals surface area contributed by atoms with Gasteiger partial charge in [-0.25, -0.2) is 0 Å². The topological polar surface area (TPSA) is 107 Å². The van der Waals surface area contributed by atoms with E-state index < -0.39 is 23.8 Å². The van der Waals surface area contributed by atoms with Crippen LogP contribution in [0.2, 0.25) is 0 Å². The number of carboxylic acid groups (broad SMARTS) is 1. The first kappa shape index (κ1) is 14.1. The van der Waals surface area contributed by atoms with Crippen LogP contribution in [-0.4, -0.2) is 58.4 Å². The molecule has 2 rings (SSSR count). The summed E-state index contributed by atoms with van der Waals surface area (Å²) in [7, 11) is 1.46. The van der Waals surface area contributed by atoms with Crippen LogP contribution >= 0.6 is 0 Å². The summed E-state index contributed by atoms with van der Waals surface area (Å²) in [5.74, 6) is -2.85. The molecule has 1 aliphatic heterocycles. The molecule has 20 heavy (non-hydrogen) atoms. The van der Waals surface area contributed by atoms with Gasteiger partial charge in [0.1, 0.15) is 17.4 Å². The van der Waals surface area contributed by atoms with Crippen molar-refractivity contribution in [1.82, 2.24) is 4.90 Å². The maximum Gasteiger partial charge on any atom is 0.311 e. The fourth-order valence-electron chi connectivity index (χ4n) is 2.20. The van der Waals surface area contributed by atoms with Gasteiger partial charge in [0.2, 0.25) is 0 Å². The lowest BCUT2D eigenvalue weighted by atomic mass is 10.0. The van der Waals surface area contributed by atoms with Gasteiger partial charge >= 0.3 is 5.97 Å². The Morgan fingerprint density at radius 1 is 1.30 bits per heavy atom. The summed E-state index contributed by atoms with van der Waals surface area (Å²) in [6.45, 7) is 0.192. The lowest BCUT2D eigenvalue weighted by molar-refractivity contribution is -0.142. The van der Waals surface area contributed by atoms with Gasteiger partial charge in [0, 0.05) is 13.1 Å². The minimum absolute atomic E-state index is 0.00124. The van der Waals surface area contributed by atoms with Crippen LogP contribution in [0.5, 0.6) is 11.5 Å². The van der Waals surface area contributed by atoms with Crippen LogP contribution in [0.25, 0.3) is 0 Å². The molecule has 0 aliphatic carbocycles. The van der Waals surface area contributed by atoms with Crippen molar-refractivity contribution in [1.29, 1.82) is 0 Å². The first-order valence-electron chi connectivity index (χ1n) is 6.01. The third kappa shape index (κ3) is 2.53. The normalized spacial score (nSPS) is 21.6. The number of carbonyl (C=O) groups is 2. The van der Waals surface area contributed by atoms with Crippen molar-refractivity contribution in [2.24, 2.45) is 5.92 Å². The van der Waals surface area contributed by atoms with Gasteiger partial charge in [-0.1, -0.05) is 0 Å². The summed E-state index contributed by atoms with van der Waals surface area (Å²) < 4.78 is 5.11. The average molecular weight is 281 g/mol. The molecular weight excluding hydrogens is 266 g/mol. The van der Waals surface area contributed by atoms with Crippen LogP contribution in [0.15, 0.2) is 18.2 Å². The van der Waals surface area contributed by atoms with Gasteiger partial charge in [-0.3, -0.25) is 9.59 Å². The first-order valence-corrected chi connectivity index (χ1v) is 6.01. The summed E-state index contributed by atoms with van der Waals surface area (Å²) in [5.41, 5.74) is 0.00124. The van der Waals surface area contributed by atoms with E-state index in [0.29, 0.717) is 0 Å². The Morgan fingerprint density at radius 2 is 2.00 bits per heavy atom. The van der Waals surface area contributed by atoms with Crippen molar-refractivity contribution in [2.45, 2.75) is 6.04 Å². The molecule has 3 N–H and O–H groups in total. The van der Waals surface area contributed by atoms with E-state index in [2.05, 4.69) is 0 Å². The molecule has 2 unspecified atom stereocenters. The molecule has 1 heterocycles. The van der Waals surface area contributed by atoms with E-state index >= 15 is 0 Å². The zero-order chi connectivity index (χ0) is 14.9. The van der Waals surface area contributed by atoms with Crippen molar-refractivity contribution < 1.29 is 29.6 Å². The third-order valence-electron chi connectivity index (χ3n) is 3.40. The number of rotatable bonds is 3. The zero-order valence-electron chi connectivity index (χ0n) is 10.8. The van der Waals surface area contributed by atoms with Gasteiger partial charge in [0.05, 0.1) is 24.8 Å². The number of hydrogen-bond donors (Lipinski definition) is 3. The Labute approximate surface area is 115 Å². The summed E-state index contributed by atoms with van der Waals surface area (Å²) in [5, 5.41) is 28.0. The van der Waals surface area contributed by atoms with Gasteiger partial charge < -0.3 is 25.0 Å². The fraction of sp³-hybridized carbons (Fsp3) is 0.385. The quantitative estimate of drug-likeness (QED) is 0.734. The molecule has 2 atom stereocenters. The number of aliphatic carboxylic acids is 1. The number of aromatic hydroxyl groups is 2. The van der Waals surface area contributed by atoms with Crippen LogP contribution < -0.4 is 0 Å². The lowest BCUT2D eigenvalue weighted by Gasteiger charge is -2.26. The number of hydrogen-bond acceptors (Lipinski definition) is 5. The fourth-order valence-corrected chi connectivity index (χ4v) is 2.20. The Hall–Kier alpha value is -2.28. The first-order chi connectivity index (χ1) is 9.41. The summed E-state index contributed by atoms with van der Waals surface area (Å²) in [4.78, 5) is 24.6. The summed E-state index contributed by atoms with van der Waals surface area (Å²) >= 11 is 0. The number of carbonyl (C=O) groups excluding carboxylic acids is 1. The van der Waals surface area contributed by atoms with E-state index in [0.717, 1.165) is 6.07 Å². The number of phenolic OH excluding ortho intramolecular Hbond substituents is 2. The van der Waals surface area contributed by atoms with Gasteiger partial charge in [-0.2, -0.15) is 0 Å². The van der Waals surface area contributed by atoms with E-state index in [1.54, 1.807) is 0 Å². The van der Waals surface area contributed by atoms with Gasteiger partial charge in [0.15, 0.2) is 0 Å². The number of phenols is 2. The molecule has 1 aliphatic rings. The molecule has 0 aromatic heterocycles. The predicted molar refractivity (Wildman–Crippen MR) is 67.6 cm³/mol. The molecule has 108 valence electrons. The standard InChI is InChI=1S/C13H15NO6/c1-14(10-6-20-5-9(10)13(18)19)12(17)8-3-2-7(15)4-11(8)16/h2-4,9-10,15-16H,5-6H2,1H3,(H,18,19). The number of amides is 1. The number of carboxylic acids is 1. The molecule has 1 aromatic rings. The van der Waals surface area contributed by atoms with Crippen molar-refractivity contribution in [2.75, 3.05) is 20.3 Å². The van der Waals surface area contributed by atoms with Crippen molar-refractivity contribution in [3.05, 3.63) is 23.8 Å². The smallest absolute Gasteiger partial charge is 0.311 e. The molecule has 1 aromatic carbocycles. The molecule has 0 spiro atoms. The Kier molecular flexibility index (Phi) is 3.80. The molecule has 1 amide bonds. The van der Waals surface area contributed by atoms with E-state index in [-0.39, 0.29) is 30.3 Å². The minimum Gasteiger partial charge on any atom is -0.508 e. The highest BCUT2D eigenvalue weighted by atomic mass is 16.5. The molecular formula is C13H15NO6. The minimum atomic E-state index is -1.03. The van der Waals surface area contributed by atoms with E-state index in [1.807, 2.05) is 0 Å². The van der Waals surface area contributed by atoms with Gasteiger partial charge in [-0.05, 0) is 12.1 Å². The van der Waals surface area contributed by atoms with Crippen LogP contribution in [0.1, 0.15) is 10.4 Å². The van der Waals surface area contributed by atoms with E-state index in [4.69, 9.17) is 9.84 Å². The van der Waals surface area contributed by atoms with E-state index in [9.17, 15) is 19.8 Å². The maximum atomic E-state index is 12.3. The average Bonchev–Trinajstić information content (AvgIpc) is 2.86. The Morgan fingerprint density at radius 3 is 2.60 bits per heavy atom. The number of benzene rings is 1. The zero-order valence-corrected chi connectivity index (χ0v) is 10.8. The second kappa shape index (κ2) is 5.38. The summed E-state index contributed by atoms with van der Waals surface area (Å²) in [6, 6.07) is 3.03. The SMILES string of the molecule is CN(C(=O)c1ccc(O)cc1O)C1COCC1C(=O)O. The number of nitrogens with zero attached hydrogens (tertiary/aromatic N) is 1. The summed E-state index contributed by atoms with van der Waals surface area (Å²) in [6.07, 6.45) is 0. The largest absolute Gasteiger partial charge is 0.508 e. The molecule has 0 saturated carbocycles. The molecule has 1 fully saturated rings. The predicted octanol–water partition coefficient (Wildman–Crippen LogP) is 0.269. The number of ether oxygens (including phenoxy) is 1. The maximum absolute atomic E-state index is 12.3. The number of likely N-dealkylation sites (N-methyl/N-ethyl adjacent to an activating group) is 1. The molecule has 7 nitrogen and oxygen atoms in total. The van der Waals surface area contributed by atoms with Crippen LogP contribution in [0.4, 0.5) is 0 Å². The van der Waals surface area contributed by atoms with Crippen LogP contribution in [0, 0.1) is 5.92 Å². The molecule has 7 heteroatoms. The van der Waals surface area contributed by atoms with Crippen LogP contribution in [0.3, 0.4) is 0 Å². The lowest BCUT2D eigenvalue weighted by Crippen LogP contribution is -2.44. The molecule has 1 saturated heterocycles. The Bertz CT molecular complexity index is 544. The van der Waals surface area contributed by atoms with Crippen molar-refractivity contribution in [3.8, 4) is 11.5 Å². The highest BCUT2D eigenvalue weighted by Crippen LogP contribution is 2.26. The van der Waals surface area contributed by atoms with Crippen LogP contribution in [-0.2, 0) is 9.53 Å².